The molecule has 0 spiro atoms. The van der Waals surface area contributed by atoms with E-state index in [9.17, 15) is 4.79 Å². The van der Waals surface area contributed by atoms with E-state index in [1.165, 1.54) is 0 Å². The first-order valence-corrected chi connectivity index (χ1v) is 9.06. The summed E-state index contributed by atoms with van der Waals surface area (Å²) in [6.07, 6.45) is 0.895. The Morgan fingerprint density at radius 2 is 2.12 bits per heavy atom. The van der Waals surface area contributed by atoms with Crippen LogP contribution >= 0.6 is 9.24 Å². The van der Waals surface area contributed by atoms with Gasteiger partial charge in [-0.05, 0) is 25.5 Å². The molecule has 2 unspecified atom stereocenters. The summed E-state index contributed by atoms with van der Waals surface area (Å²) in [7, 11) is 4.64. The van der Waals surface area contributed by atoms with Crippen LogP contribution in [-0.4, -0.2) is 42.8 Å². The van der Waals surface area contributed by atoms with Crippen LogP contribution in [0.1, 0.15) is 43.4 Å². The molecule has 0 aliphatic carbocycles. The van der Waals surface area contributed by atoms with Crippen LogP contribution in [0.15, 0.2) is 33.9 Å². The molecule has 0 aliphatic rings. The lowest BCUT2D eigenvalue weighted by Gasteiger charge is -2.10. The Balaban J connectivity index is 1.97. The lowest BCUT2D eigenvalue weighted by molar-refractivity contribution is 0.0958. The van der Waals surface area contributed by atoms with Crippen LogP contribution < -0.4 is 5.32 Å². The number of rotatable bonds is 8. The third-order valence-corrected chi connectivity index (χ3v) is 3.65. The first-order valence-electron chi connectivity index (χ1n) is 8.48. The molecule has 26 heavy (non-hydrogen) atoms. The molecule has 1 aromatic carbocycles. The van der Waals surface area contributed by atoms with Gasteiger partial charge in [0.2, 0.25) is 11.7 Å². The average Bonchev–Trinajstić information content (AvgIpc) is 3.10. The van der Waals surface area contributed by atoms with Crippen molar-refractivity contribution in [2.75, 3.05) is 13.2 Å². The van der Waals surface area contributed by atoms with Gasteiger partial charge in [0.15, 0.2) is 0 Å². The van der Waals surface area contributed by atoms with E-state index in [-0.39, 0.29) is 11.0 Å². The monoisotopic (exact) mass is 374 g/mol. The number of aromatic nitrogens is 2. The van der Waals surface area contributed by atoms with Gasteiger partial charge in [-0.25, -0.2) is 0 Å². The maximum Gasteiger partial charge on any atom is 0.251 e. The molecular formula is C17H24BN4O3P. The molecular weight excluding hydrogens is 350 g/mol. The van der Waals surface area contributed by atoms with Crippen LogP contribution in [0.4, 0.5) is 0 Å². The van der Waals surface area contributed by atoms with E-state index >= 15 is 0 Å². The van der Waals surface area contributed by atoms with Crippen molar-refractivity contribution in [1.29, 1.82) is 0 Å². The van der Waals surface area contributed by atoms with E-state index < -0.39 is 0 Å². The normalized spacial score (nSPS) is 13.9. The number of amides is 1. The molecule has 0 fully saturated rings. The van der Waals surface area contributed by atoms with Crippen molar-refractivity contribution in [3.8, 4) is 11.4 Å². The smallest absolute Gasteiger partial charge is 0.251 e. The summed E-state index contributed by atoms with van der Waals surface area (Å²) in [5, 5.41) is 10.4. The third-order valence-electron chi connectivity index (χ3n) is 3.40. The molecule has 0 saturated heterocycles. The van der Waals surface area contributed by atoms with E-state index in [1.54, 1.807) is 31.2 Å². The SMILES string of the molecule is BC(C)(P)c1nc(-c2ccc(C(=O)NC/C(C)=N/OCCC)cc2)no1. The van der Waals surface area contributed by atoms with Gasteiger partial charge >= 0.3 is 0 Å². The van der Waals surface area contributed by atoms with Crippen molar-refractivity contribution in [3.05, 3.63) is 35.7 Å². The fraction of sp³-hybridized carbons (Fsp3) is 0.412. The Hall–Kier alpha value is -2.21. The average molecular weight is 374 g/mol. The highest BCUT2D eigenvalue weighted by Crippen LogP contribution is 2.27. The summed E-state index contributed by atoms with van der Waals surface area (Å²) in [4.78, 5) is 21.7. The second-order valence-electron chi connectivity index (χ2n) is 6.56. The third kappa shape index (κ3) is 5.66. The molecule has 1 heterocycles. The maximum absolute atomic E-state index is 12.2. The van der Waals surface area contributed by atoms with E-state index in [4.69, 9.17) is 9.36 Å². The zero-order valence-corrected chi connectivity index (χ0v) is 16.7. The predicted octanol–water partition coefficient (Wildman–Crippen LogP) is 1.95. The van der Waals surface area contributed by atoms with Crippen LogP contribution in [-0.2, 0) is 9.89 Å². The second kappa shape index (κ2) is 8.94. The summed E-state index contributed by atoms with van der Waals surface area (Å²) >= 11 is 0. The van der Waals surface area contributed by atoms with Crippen molar-refractivity contribution in [1.82, 2.24) is 15.5 Å². The Morgan fingerprint density at radius 1 is 1.42 bits per heavy atom. The van der Waals surface area contributed by atoms with Crippen molar-refractivity contribution >= 4 is 28.7 Å². The van der Waals surface area contributed by atoms with Crippen molar-refractivity contribution in [2.45, 2.75) is 32.2 Å². The van der Waals surface area contributed by atoms with Gasteiger partial charge in [-0.15, -0.1) is 9.24 Å². The minimum absolute atomic E-state index is 0.179. The standard InChI is InChI=1S/C17H24BN4O3P/c1-4-9-24-21-11(2)10-19-15(23)13-7-5-12(6-8-13)14-20-16(25-22-14)17(3,18)26/h5-8H,4,9-10,18,26H2,1-3H3,(H,19,23)/b21-11+. The number of nitrogens with one attached hydrogen (secondary N) is 1. The molecule has 9 heteroatoms. The zero-order valence-electron chi connectivity index (χ0n) is 15.6. The van der Waals surface area contributed by atoms with E-state index in [0.717, 1.165) is 12.0 Å². The first-order chi connectivity index (χ1) is 12.3. The summed E-state index contributed by atoms with van der Waals surface area (Å²) in [5.74, 6) is 0.861. The zero-order chi connectivity index (χ0) is 19.2. The highest BCUT2D eigenvalue weighted by atomic mass is 31.0. The van der Waals surface area contributed by atoms with Crippen LogP contribution in [0.2, 0.25) is 0 Å². The molecule has 0 aliphatic heterocycles. The first kappa shape index (κ1) is 20.1. The number of oxime groups is 1. The van der Waals surface area contributed by atoms with E-state index in [2.05, 4.69) is 29.9 Å². The molecule has 2 atom stereocenters. The van der Waals surface area contributed by atoms with Gasteiger partial charge in [0.05, 0.1) is 12.3 Å². The van der Waals surface area contributed by atoms with Gasteiger partial charge in [-0.3, -0.25) is 4.79 Å². The Labute approximate surface area is 156 Å². The minimum Gasteiger partial charge on any atom is -0.396 e. The Kier molecular flexibility index (Phi) is 6.92. The summed E-state index contributed by atoms with van der Waals surface area (Å²) in [6, 6.07) is 7.05. The highest BCUT2D eigenvalue weighted by Gasteiger charge is 2.22. The lowest BCUT2D eigenvalue weighted by atomic mass is 9.88. The van der Waals surface area contributed by atoms with Crippen LogP contribution in [0, 0.1) is 0 Å². The molecule has 1 aromatic heterocycles. The second-order valence-corrected chi connectivity index (χ2v) is 8.01. The number of carbonyl (C=O) groups excluding carboxylic acids is 1. The highest BCUT2D eigenvalue weighted by molar-refractivity contribution is 7.21. The maximum atomic E-state index is 12.2. The fourth-order valence-electron chi connectivity index (χ4n) is 1.96. The van der Waals surface area contributed by atoms with Gasteiger partial charge in [0.25, 0.3) is 5.91 Å². The van der Waals surface area contributed by atoms with Crippen LogP contribution in [0.25, 0.3) is 11.4 Å². The molecule has 1 N–H and O–H groups in total. The number of nitrogens with zero attached hydrogens (tertiary/aromatic N) is 3. The van der Waals surface area contributed by atoms with Gasteiger partial charge in [-0.1, -0.05) is 36.3 Å². The number of hydrogen-bond acceptors (Lipinski definition) is 6. The van der Waals surface area contributed by atoms with E-state index in [0.29, 0.717) is 36.1 Å². The molecule has 7 nitrogen and oxygen atoms in total. The molecule has 138 valence electrons. The quantitative estimate of drug-likeness (QED) is 0.251. The summed E-state index contributed by atoms with van der Waals surface area (Å²) < 4.78 is 5.28. The van der Waals surface area contributed by atoms with Crippen molar-refractivity contribution in [2.24, 2.45) is 5.16 Å². The number of carbonyl (C=O) groups is 1. The molecule has 0 saturated carbocycles. The molecule has 0 radical (unpaired) electrons. The minimum atomic E-state index is -0.286. The van der Waals surface area contributed by atoms with Gasteiger partial charge in [-0.2, -0.15) is 4.98 Å². The Bertz CT molecular complexity index is 769. The predicted molar refractivity (Wildman–Crippen MR) is 107 cm³/mol. The Morgan fingerprint density at radius 3 is 2.69 bits per heavy atom. The lowest BCUT2D eigenvalue weighted by Crippen LogP contribution is -2.28. The number of benzene rings is 1. The molecule has 1 amide bonds. The fourth-order valence-corrected chi connectivity index (χ4v) is 2.08. The number of hydrogen-bond donors (Lipinski definition) is 1. The summed E-state index contributed by atoms with van der Waals surface area (Å²) in [5.41, 5.74) is 2.05. The van der Waals surface area contributed by atoms with E-state index in [1.807, 2.05) is 21.7 Å². The van der Waals surface area contributed by atoms with Crippen molar-refractivity contribution < 1.29 is 14.2 Å². The summed E-state index contributed by atoms with van der Waals surface area (Å²) in [6.45, 7) is 6.69. The van der Waals surface area contributed by atoms with Crippen LogP contribution in [0.5, 0.6) is 0 Å². The molecule has 0 bridgehead atoms. The largest absolute Gasteiger partial charge is 0.396 e. The van der Waals surface area contributed by atoms with Gasteiger partial charge < -0.3 is 14.7 Å². The molecule has 2 aromatic rings. The van der Waals surface area contributed by atoms with Gasteiger partial charge in [0, 0.05) is 16.2 Å². The van der Waals surface area contributed by atoms with Gasteiger partial charge in [0.1, 0.15) is 14.5 Å². The van der Waals surface area contributed by atoms with Crippen molar-refractivity contribution in [3.63, 3.8) is 0 Å². The molecule has 2 rings (SSSR count). The van der Waals surface area contributed by atoms with Crippen LogP contribution in [0.3, 0.4) is 0 Å². The topological polar surface area (TPSA) is 89.6 Å².